The van der Waals surface area contributed by atoms with Gasteiger partial charge < -0.3 is 5.11 Å². The Bertz CT molecular complexity index is 317. The molecule has 0 aliphatic rings. The summed E-state index contributed by atoms with van der Waals surface area (Å²) in [7, 11) is 1.73. The zero-order valence-electron chi connectivity index (χ0n) is 9.42. The molecule has 4 nitrogen and oxygen atoms in total. The number of aliphatic hydroxyl groups is 1. The fraction of sp³-hybridized carbons (Fsp3) is 0.600. The van der Waals surface area contributed by atoms with Crippen LogP contribution in [0.5, 0.6) is 0 Å². The summed E-state index contributed by atoms with van der Waals surface area (Å²) in [5, 5.41) is 11.4. The first-order valence-corrected chi connectivity index (χ1v) is 7.03. The monoisotopic (exact) mass is 260 g/mol. The third-order valence-electron chi connectivity index (χ3n) is 2.02. The molecule has 1 amide bonds. The van der Waals surface area contributed by atoms with Crippen molar-refractivity contribution >= 4 is 34.1 Å². The van der Waals surface area contributed by atoms with Gasteiger partial charge in [-0.3, -0.25) is 9.69 Å². The molecule has 0 aromatic carbocycles. The van der Waals surface area contributed by atoms with Gasteiger partial charge in [0.2, 0.25) is 5.91 Å². The summed E-state index contributed by atoms with van der Waals surface area (Å²) < 4.78 is 0. The van der Waals surface area contributed by atoms with E-state index in [2.05, 4.69) is 4.98 Å². The van der Waals surface area contributed by atoms with Crippen LogP contribution in [0.2, 0.25) is 0 Å². The maximum absolute atomic E-state index is 11.7. The molecule has 0 saturated carbocycles. The number of aromatic nitrogens is 1. The number of thiazole rings is 1. The zero-order chi connectivity index (χ0) is 12.0. The molecule has 1 aromatic heterocycles. The van der Waals surface area contributed by atoms with E-state index in [4.69, 9.17) is 5.11 Å². The molecule has 1 aromatic rings. The maximum Gasteiger partial charge on any atom is 0.238 e. The lowest BCUT2D eigenvalue weighted by molar-refractivity contribution is -0.115. The highest BCUT2D eigenvalue weighted by Gasteiger charge is 2.13. The van der Waals surface area contributed by atoms with Crippen LogP contribution < -0.4 is 4.90 Å². The van der Waals surface area contributed by atoms with E-state index in [1.165, 1.54) is 11.3 Å². The predicted molar refractivity (Wildman–Crippen MR) is 69.1 cm³/mol. The third-order valence-corrected chi connectivity index (χ3v) is 4.12. The summed E-state index contributed by atoms with van der Waals surface area (Å²) in [6.07, 6.45) is 1.69. The number of thioether (sulfide) groups is 1. The van der Waals surface area contributed by atoms with E-state index < -0.39 is 0 Å². The summed E-state index contributed by atoms with van der Waals surface area (Å²) >= 11 is 2.99. The summed E-state index contributed by atoms with van der Waals surface area (Å²) in [5.41, 5.74) is 0. The van der Waals surface area contributed by atoms with Crippen molar-refractivity contribution in [3.8, 4) is 0 Å². The second-order valence-corrected chi connectivity index (χ2v) is 5.47. The molecule has 0 saturated heterocycles. The molecule has 0 aliphatic heterocycles. The predicted octanol–water partition coefficient (Wildman–Crippen LogP) is 1.47. The Hall–Kier alpha value is -0.590. The Morgan fingerprint density at radius 3 is 3.06 bits per heavy atom. The minimum absolute atomic E-state index is 0.0464. The van der Waals surface area contributed by atoms with E-state index in [1.807, 2.05) is 12.3 Å². The fourth-order valence-corrected chi connectivity index (χ4v) is 2.60. The third kappa shape index (κ3) is 4.11. The molecule has 1 heterocycles. The van der Waals surface area contributed by atoms with Crippen molar-refractivity contribution in [2.45, 2.75) is 6.92 Å². The molecule has 0 spiro atoms. The molecular formula is C10H16N2O2S2. The van der Waals surface area contributed by atoms with Gasteiger partial charge in [0.05, 0.1) is 5.75 Å². The Morgan fingerprint density at radius 1 is 1.75 bits per heavy atom. The van der Waals surface area contributed by atoms with E-state index in [0.29, 0.717) is 5.75 Å². The van der Waals surface area contributed by atoms with Gasteiger partial charge in [0, 0.05) is 25.2 Å². The summed E-state index contributed by atoms with van der Waals surface area (Å²) in [4.78, 5) is 17.4. The fourth-order valence-electron chi connectivity index (χ4n) is 0.985. The van der Waals surface area contributed by atoms with Gasteiger partial charge in [-0.1, -0.05) is 6.92 Å². The molecule has 1 rings (SSSR count). The second-order valence-electron chi connectivity index (χ2n) is 3.57. The maximum atomic E-state index is 11.7. The standard InChI is InChI=1S/C10H16N2O2S2/c1-8(5-13)6-15-7-9(14)12(2)10-11-3-4-16-10/h3-4,8,13H,5-7H2,1-2H3/t8-/m1/s1. The Balaban J connectivity index is 2.30. The summed E-state index contributed by atoms with van der Waals surface area (Å²) in [6, 6.07) is 0. The number of hydrogen-bond donors (Lipinski definition) is 1. The average molecular weight is 260 g/mol. The van der Waals surface area contributed by atoms with Gasteiger partial charge in [-0.15, -0.1) is 11.3 Å². The van der Waals surface area contributed by atoms with E-state index in [0.717, 1.165) is 10.9 Å². The molecule has 16 heavy (non-hydrogen) atoms. The van der Waals surface area contributed by atoms with Crippen LogP contribution in [0.25, 0.3) is 0 Å². The van der Waals surface area contributed by atoms with Crippen LogP contribution in [0.3, 0.4) is 0 Å². The number of carbonyl (C=O) groups is 1. The molecule has 90 valence electrons. The van der Waals surface area contributed by atoms with Gasteiger partial charge in [0.25, 0.3) is 0 Å². The molecule has 1 N–H and O–H groups in total. The van der Waals surface area contributed by atoms with Gasteiger partial charge in [-0.05, 0) is 11.7 Å². The number of amides is 1. The lowest BCUT2D eigenvalue weighted by Crippen LogP contribution is -2.28. The lowest BCUT2D eigenvalue weighted by atomic mass is 10.2. The smallest absolute Gasteiger partial charge is 0.238 e. The zero-order valence-corrected chi connectivity index (χ0v) is 11.1. The number of aliphatic hydroxyl groups excluding tert-OH is 1. The minimum atomic E-state index is 0.0464. The molecule has 0 bridgehead atoms. The van der Waals surface area contributed by atoms with E-state index in [-0.39, 0.29) is 18.4 Å². The average Bonchev–Trinajstić information content (AvgIpc) is 2.81. The number of carbonyl (C=O) groups excluding carboxylic acids is 1. The van der Waals surface area contributed by atoms with Crippen molar-refractivity contribution in [3.63, 3.8) is 0 Å². The summed E-state index contributed by atoms with van der Waals surface area (Å²) in [5.74, 6) is 1.52. The normalized spacial score (nSPS) is 12.4. The first-order valence-electron chi connectivity index (χ1n) is 4.99. The van der Waals surface area contributed by atoms with Crippen molar-refractivity contribution in [1.82, 2.24) is 4.98 Å². The molecule has 6 heteroatoms. The number of nitrogens with zero attached hydrogens (tertiary/aromatic N) is 2. The Morgan fingerprint density at radius 2 is 2.50 bits per heavy atom. The first kappa shape index (κ1) is 13.5. The highest BCUT2D eigenvalue weighted by Crippen LogP contribution is 2.17. The molecule has 1 atom stereocenters. The quantitative estimate of drug-likeness (QED) is 0.841. The van der Waals surface area contributed by atoms with Crippen molar-refractivity contribution in [2.75, 3.05) is 30.1 Å². The van der Waals surface area contributed by atoms with E-state index >= 15 is 0 Å². The Labute approximate surface area is 104 Å². The van der Waals surface area contributed by atoms with Crippen molar-refractivity contribution < 1.29 is 9.90 Å². The largest absolute Gasteiger partial charge is 0.396 e. The highest BCUT2D eigenvalue weighted by molar-refractivity contribution is 7.99. The van der Waals surface area contributed by atoms with Gasteiger partial charge in [0.15, 0.2) is 5.13 Å². The lowest BCUT2D eigenvalue weighted by Gasteiger charge is -2.14. The van der Waals surface area contributed by atoms with E-state index in [9.17, 15) is 4.79 Å². The van der Waals surface area contributed by atoms with Crippen molar-refractivity contribution in [1.29, 1.82) is 0 Å². The van der Waals surface area contributed by atoms with Gasteiger partial charge >= 0.3 is 0 Å². The highest BCUT2D eigenvalue weighted by atomic mass is 32.2. The van der Waals surface area contributed by atoms with Crippen LogP contribution in [0.15, 0.2) is 11.6 Å². The minimum Gasteiger partial charge on any atom is -0.396 e. The number of rotatable bonds is 6. The van der Waals surface area contributed by atoms with Crippen LogP contribution in [-0.4, -0.2) is 41.2 Å². The summed E-state index contributed by atoms with van der Waals surface area (Å²) in [6.45, 7) is 2.13. The topological polar surface area (TPSA) is 53.4 Å². The van der Waals surface area contributed by atoms with Crippen LogP contribution in [0, 0.1) is 5.92 Å². The van der Waals surface area contributed by atoms with Gasteiger partial charge in [-0.2, -0.15) is 11.8 Å². The van der Waals surface area contributed by atoms with Gasteiger partial charge in [0.1, 0.15) is 0 Å². The number of anilines is 1. The Kier molecular flexibility index (Phi) is 5.79. The van der Waals surface area contributed by atoms with Crippen LogP contribution in [-0.2, 0) is 4.79 Å². The van der Waals surface area contributed by atoms with Gasteiger partial charge in [-0.25, -0.2) is 4.98 Å². The first-order chi connectivity index (χ1) is 7.65. The van der Waals surface area contributed by atoms with Crippen molar-refractivity contribution in [3.05, 3.63) is 11.6 Å². The number of hydrogen-bond acceptors (Lipinski definition) is 5. The second kappa shape index (κ2) is 6.88. The van der Waals surface area contributed by atoms with Crippen LogP contribution >= 0.6 is 23.1 Å². The molecule has 0 unspecified atom stereocenters. The molecule has 0 radical (unpaired) electrons. The molecule has 0 fully saturated rings. The van der Waals surface area contributed by atoms with Crippen molar-refractivity contribution in [2.24, 2.45) is 5.92 Å². The molecular weight excluding hydrogens is 244 g/mol. The van der Waals surface area contributed by atoms with Crippen LogP contribution in [0.1, 0.15) is 6.92 Å². The van der Waals surface area contributed by atoms with Crippen LogP contribution in [0.4, 0.5) is 5.13 Å². The molecule has 0 aliphatic carbocycles. The van der Waals surface area contributed by atoms with E-state index in [1.54, 1.807) is 29.9 Å². The SMILES string of the molecule is C[C@H](CO)CSCC(=O)N(C)c1nccs1.